The molecule has 0 radical (unpaired) electrons. The minimum Gasteiger partial charge on any atom is -0.312 e. The number of nitrogens with zero attached hydrogens (tertiary/aromatic N) is 2. The van der Waals surface area contributed by atoms with Crippen molar-refractivity contribution in [3.8, 4) is 0 Å². The van der Waals surface area contributed by atoms with Gasteiger partial charge >= 0.3 is 0 Å². The Bertz CT molecular complexity index is 984. The van der Waals surface area contributed by atoms with E-state index in [1.54, 1.807) is 34.3 Å². The van der Waals surface area contributed by atoms with E-state index in [9.17, 15) is 13.2 Å². The van der Waals surface area contributed by atoms with Gasteiger partial charge in [0.25, 0.3) is 0 Å². The number of hydrogen-bond acceptors (Lipinski definition) is 3. The Labute approximate surface area is 167 Å². The summed E-state index contributed by atoms with van der Waals surface area (Å²) in [5.41, 5.74) is 2.74. The summed E-state index contributed by atoms with van der Waals surface area (Å²) in [7, 11) is -3.63. The van der Waals surface area contributed by atoms with Crippen molar-refractivity contribution in [2.45, 2.75) is 50.6 Å². The number of anilines is 1. The molecule has 28 heavy (non-hydrogen) atoms. The first-order valence-corrected chi connectivity index (χ1v) is 11.3. The fourth-order valence-electron chi connectivity index (χ4n) is 4.03. The molecular weight excluding hydrogens is 372 g/mol. The molecule has 148 valence electrons. The van der Waals surface area contributed by atoms with E-state index >= 15 is 0 Å². The SMILES string of the molecule is CC(=O)N1CCc2cc(S(=O)(=O)N(Cc3ccccc3)C(C)C3CC3)ccc21. The van der Waals surface area contributed by atoms with Crippen LogP contribution in [0.3, 0.4) is 0 Å². The molecule has 1 aliphatic heterocycles. The zero-order valence-corrected chi connectivity index (χ0v) is 17.2. The third-order valence-electron chi connectivity index (χ3n) is 5.87. The van der Waals surface area contributed by atoms with Gasteiger partial charge in [0.2, 0.25) is 15.9 Å². The van der Waals surface area contributed by atoms with Crippen LogP contribution in [0, 0.1) is 5.92 Å². The highest BCUT2D eigenvalue weighted by atomic mass is 32.2. The minimum atomic E-state index is -3.63. The van der Waals surface area contributed by atoms with Gasteiger partial charge in [-0.25, -0.2) is 8.42 Å². The number of carbonyl (C=O) groups excluding carboxylic acids is 1. The van der Waals surface area contributed by atoms with E-state index in [-0.39, 0.29) is 11.9 Å². The van der Waals surface area contributed by atoms with Crippen molar-refractivity contribution in [1.82, 2.24) is 4.31 Å². The molecular formula is C22H26N2O3S. The molecule has 1 fully saturated rings. The molecule has 4 rings (SSSR count). The second-order valence-electron chi connectivity index (χ2n) is 7.83. The van der Waals surface area contributed by atoms with E-state index in [0.717, 1.165) is 29.7 Å². The van der Waals surface area contributed by atoms with Crippen molar-refractivity contribution in [3.05, 3.63) is 59.7 Å². The van der Waals surface area contributed by atoms with Crippen LogP contribution in [0.15, 0.2) is 53.4 Å². The molecule has 1 atom stereocenters. The first-order valence-electron chi connectivity index (χ1n) is 9.85. The number of carbonyl (C=O) groups is 1. The highest BCUT2D eigenvalue weighted by Gasteiger charge is 2.38. The zero-order chi connectivity index (χ0) is 19.9. The lowest BCUT2D eigenvalue weighted by atomic mass is 10.2. The Balaban J connectivity index is 1.68. The second kappa shape index (κ2) is 7.33. The van der Waals surface area contributed by atoms with Crippen molar-refractivity contribution in [3.63, 3.8) is 0 Å². The Hall–Kier alpha value is -2.18. The summed E-state index contributed by atoms with van der Waals surface area (Å²) in [4.78, 5) is 13.8. The van der Waals surface area contributed by atoms with E-state index < -0.39 is 10.0 Å². The van der Waals surface area contributed by atoms with Gasteiger partial charge in [-0.1, -0.05) is 30.3 Å². The van der Waals surface area contributed by atoms with Crippen LogP contribution in [0.5, 0.6) is 0 Å². The van der Waals surface area contributed by atoms with Crippen molar-refractivity contribution in [2.75, 3.05) is 11.4 Å². The van der Waals surface area contributed by atoms with Crippen LogP contribution in [0.4, 0.5) is 5.69 Å². The van der Waals surface area contributed by atoms with Gasteiger partial charge in [-0.05, 0) is 61.4 Å². The highest BCUT2D eigenvalue weighted by Crippen LogP contribution is 2.38. The molecule has 1 amide bonds. The van der Waals surface area contributed by atoms with E-state index in [1.807, 2.05) is 37.3 Å². The number of rotatable bonds is 6. The van der Waals surface area contributed by atoms with Crippen molar-refractivity contribution in [1.29, 1.82) is 0 Å². The van der Waals surface area contributed by atoms with Crippen molar-refractivity contribution < 1.29 is 13.2 Å². The molecule has 2 aliphatic rings. The van der Waals surface area contributed by atoms with Gasteiger partial charge in [-0.15, -0.1) is 0 Å². The van der Waals surface area contributed by atoms with Gasteiger partial charge in [-0.3, -0.25) is 4.79 Å². The molecule has 0 bridgehead atoms. The smallest absolute Gasteiger partial charge is 0.243 e. The van der Waals surface area contributed by atoms with Gasteiger partial charge < -0.3 is 4.90 Å². The summed E-state index contributed by atoms with van der Waals surface area (Å²) in [6.07, 6.45) is 2.86. The Morgan fingerprint density at radius 2 is 1.89 bits per heavy atom. The van der Waals surface area contributed by atoms with E-state index in [1.165, 1.54) is 0 Å². The maximum Gasteiger partial charge on any atom is 0.243 e. The molecule has 0 N–H and O–H groups in total. The molecule has 2 aromatic rings. The van der Waals surface area contributed by atoms with E-state index in [2.05, 4.69) is 0 Å². The molecule has 0 spiro atoms. The summed E-state index contributed by atoms with van der Waals surface area (Å²) < 4.78 is 28.8. The number of fused-ring (bicyclic) bond motifs is 1. The topological polar surface area (TPSA) is 57.7 Å². The van der Waals surface area contributed by atoms with Crippen LogP contribution in [0.1, 0.15) is 37.8 Å². The van der Waals surface area contributed by atoms with Gasteiger partial charge in [0.05, 0.1) is 4.90 Å². The second-order valence-corrected chi connectivity index (χ2v) is 9.72. The lowest BCUT2D eigenvalue weighted by molar-refractivity contribution is -0.116. The average molecular weight is 399 g/mol. The standard InChI is InChI=1S/C22H26N2O3S/c1-16(19-8-9-19)24(15-18-6-4-3-5-7-18)28(26,27)21-10-11-22-20(14-21)12-13-23(22)17(2)25/h3-7,10-11,14,16,19H,8-9,12-13,15H2,1-2H3. The van der Waals surface area contributed by atoms with Crippen molar-refractivity contribution in [2.24, 2.45) is 5.92 Å². The fourth-order valence-corrected chi connectivity index (χ4v) is 5.76. The maximum absolute atomic E-state index is 13.6. The van der Waals surface area contributed by atoms with Crippen LogP contribution in [0.2, 0.25) is 0 Å². The number of sulfonamides is 1. The molecule has 1 heterocycles. The molecule has 1 saturated carbocycles. The van der Waals surface area contributed by atoms with Crippen LogP contribution in [0.25, 0.3) is 0 Å². The van der Waals surface area contributed by atoms with Crippen LogP contribution >= 0.6 is 0 Å². The van der Waals surface area contributed by atoms with Gasteiger partial charge in [0.1, 0.15) is 0 Å². The minimum absolute atomic E-state index is 0.0117. The summed E-state index contributed by atoms with van der Waals surface area (Å²) in [5, 5.41) is 0. The number of amides is 1. The number of benzene rings is 2. The van der Waals surface area contributed by atoms with Gasteiger partial charge in [-0.2, -0.15) is 4.31 Å². The predicted molar refractivity (Wildman–Crippen MR) is 110 cm³/mol. The summed E-state index contributed by atoms with van der Waals surface area (Å²) >= 11 is 0. The average Bonchev–Trinajstić information content (AvgIpc) is 3.44. The normalized spacial score (nSPS) is 17.6. The number of hydrogen-bond donors (Lipinski definition) is 0. The van der Waals surface area contributed by atoms with Gasteiger partial charge in [0.15, 0.2) is 0 Å². The van der Waals surface area contributed by atoms with Gasteiger partial charge in [0, 0.05) is 31.7 Å². The van der Waals surface area contributed by atoms with Crippen LogP contribution < -0.4 is 4.90 Å². The maximum atomic E-state index is 13.6. The van der Waals surface area contributed by atoms with Crippen LogP contribution in [-0.2, 0) is 27.8 Å². The molecule has 1 aliphatic carbocycles. The summed E-state index contributed by atoms with van der Waals surface area (Å²) in [6.45, 7) is 4.54. The molecule has 1 unspecified atom stereocenters. The Kier molecular flexibility index (Phi) is 5.02. The zero-order valence-electron chi connectivity index (χ0n) is 16.3. The monoisotopic (exact) mass is 398 g/mol. The Morgan fingerprint density at radius 3 is 2.54 bits per heavy atom. The lowest BCUT2D eigenvalue weighted by Crippen LogP contribution is -2.39. The van der Waals surface area contributed by atoms with E-state index in [0.29, 0.717) is 30.3 Å². The quantitative estimate of drug-likeness (QED) is 0.747. The van der Waals surface area contributed by atoms with E-state index in [4.69, 9.17) is 0 Å². The molecule has 2 aromatic carbocycles. The first-order chi connectivity index (χ1) is 13.4. The Morgan fingerprint density at radius 1 is 1.18 bits per heavy atom. The molecule has 6 heteroatoms. The van der Waals surface area contributed by atoms with Crippen molar-refractivity contribution >= 4 is 21.6 Å². The van der Waals surface area contributed by atoms with Crippen LogP contribution in [-0.4, -0.2) is 31.2 Å². The lowest BCUT2D eigenvalue weighted by Gasteiger charge is -2.29. The highest BCUT2D eigenvalue weighted by molar-refractivity contribution is 7.89. The molecule has 0 saturated heterocycles. The third-order valence-corrected chi connectivity index (χ3v) is 7.80. The molecule has 0 aromatic heterocycles. The predicted octanol–water partition coefficient (Wildman–Crippen LogP) is 3.59. The fraction of sp³-hybridized carbons (Fsp3) is 0.409. The summed E-state index contributed by atoms with van der Waals surface area (Å²) in [5.74, 6) is 0.420. The summed E-state index contributed by atoms with van der Waals surface area (Å²) in [6, 6.07) is 14.9. The molecule has 5 nitrogen and oxygen atoms in total. The third kappa shape index (κ3) is 3.59. The first kappa shape index (κ1) is 19.2. The largest absolute Gasteiger partial charge is 0.312 e.